The summed E-state index contributed by atoms with van der Waals surface area (Å²) in [5.74, 6) is 0. The van der Waals surface area contributed by atoms with Gasteiger partial charge in [-0.25, -0.2) is 9.97 Å². The fraction of sp³-hybridized carbons (Fsp3) is 0.273. The van der Waals surface area contributed by atoms with Crippen molar-refractivity contribution in [3.63, 3.8) is 0 Å². The molecule has 2 aromatic heterocycles. The summed E-state index contributed by atoms with van der Waals surface area (Å²) < 4.78 is 1.92. The highest BCUT2D eigenvalue weighted by Gasteiger charge is 2.11. The smallest absolute Gasteiger partial charge is 0.174 e. The third kappa shape index (κ3) is 2.25. The summed E-state index contributed by atoms with van der Waals surface area (Å²) in [4.78, 5) is 8.48. The molecule has 0 aliphatic carbocycles. The van der Waals surface area contributed by atoms with Crippen LogP contribution >= 0.6 is 11.8 Å². The zero-order valence-electron chi connectivity index (χ0n) is 9.16. The van der Waals surface area contributed by atoms with Gasteiger partial charge in [0.25, 0.3) is 0 Å². The predicted molar refractivity (Wildman–Crippen MR) is 62.2 cm³/mol. The second kappa shape index (κ2) is 4.67. The Morgan fingerprint density at radius 2 is 2.19 bits per heavy atom. The number of rotatable bonds is 3. The first-order valence-corrected chi connectivity index (χ1v) is 5.78. The second-order valence-electron chi connectivity index (χ2n) is 3.50. The first-order chi connectivity index (χ1) is 7.68. The molecule has 2 rings (SSSR count). The summed E-state index contributed by atoms with van der Waals surface area (Å²) in [5, 5.41) is 11.3. The van der Waals surface area contributed by atoms with E-state index in [0.29, 0.717) is 0 Å². The molecule has 2 heterocycles. The molecule has 0 saturated heterocycles. The minimum atomic E-state index is -0.517. The number of pyridine rings is 1. The number of hydrogen-bond acceptors (Lipinski definition) is 4. The normalized spacial score (nSPS) is 12.7. The largest absolute Gasteiger partial charge is 0.389 e. The molecule has 0 spiro atoms. The van der Waals surface area contributed by atoms with Gasteiger partial charge in [-0.2, -0.15) is 0 Å². The number of nitrogens with zero attached hydrogens (tertiary/aromatic N) is 3. The van der Waals surface area contributed by atoms with Crippen molar-refractivity contribution in [2.24, 2.45) is 7.05 Å². The van der Waals surface area contributed by atoms with Crippen molar-refractivity contribution in [1.29, 1.82) is 0 Å². The lowest BCUT2D eigenvalue weighted by molar-refractivity contribution is 0.195. The van der Waals surface area contributed by atoms with Crippen LogP contribution in [0.3, 0.4) is 0 Å². The Morgan fingerprint density at radius 3 is 2.81 bits per heavy atom. The van der Waals surface area contributed by atoms with Crippen LogP contribution < -0.4 is 0 Å². The average molecular weight is 235 g/mol. The topological polar surface area (TPSA) is 50.9 Å². The molecule has 84 valence electrons. The van der Waals surface area contributed by atoms with Crippen LogP contribution in [0.15, 0.2) is 40.9 Å². The van der Waals surface area contributed by atoms with Gasteiger partial charge in [-0.15, -0.1) is 0 Å². The first kappa shape index (κ1) is 11.2. The molecular weight excluding hydrogens is 222 g/mol. The number of hydrogen-bond donors (Lipinski definition) is 1. The maximum atomic E-state index is 9.62. The average Bonchev–Trinajstić information content (AvgIpc) is 2.65. The van der Waals surface area contributed by atoms with E-state index < -0.39 is 6.10 Å². The summed E-state index contributed by atoms with van der Waals surface area (Å²) in [5.41, 5.74) is 0.829. The number of aromatic nitrogens is 3. The minimum absolute atomic E-state index is 0.517. The molecule has 16 heavy (non-hydrogen) atoms. The van der Waals surface area contributed by atoms with Gasteiger partial charge in [0.15, 0.2) is 5.16 Å². The Balaban J connectivity index is 2.31. The van der Waals surface area contributed by atoms with Crippen LogP contribution in [-0.2, 0) is 7.05 Å². The van der Waals surface area contributed by atoms with Crippen LogP contribution in [0.25, 0.3) is 0 Å². The summed E-state index contributed by atoms with van der Waals surface area (Å²) in [6, 6.07) is 3.70. The molecule has 0 fully saturated rings. The summed E-state index contributed by atoms with van der Waals surface area (Å²) in [7, 11) is 1.93. The van der Waals surface area contributed by atoms with Crippen LogP contribution in [0.5, 0.6) is 0 Å². The predicted octanol–water partition coefficient (Wildman–Crippen LogP) is 2.02. The van der Waals surface area contributed by atoms with E-state index in [0.717, 1.165) is 15.7 Å². The zero-order chi connectivity index (χ0) is 11.5. The molecule has 1 N–H and O–H groups in total. The molecule has 0 bridgehead atoms. The van der Waals surface area contributed by atoms with E-state index in [2.05, 4.69) is 9.97 Å². The van der Waals surface area contributed by atoms with Crippen LogP contribution in [-0.4, -0.2) is 19.6 Å². The van der Waals surface area contributed by atoms with Gasteiger partial charge < -0.3 is 9.67 Å². The van der Waals surface area contributed by atoms with E-state index in [-0.39, 0.29) is 0 Å². The lowest BCUT2D eigenvalue weighted by Crippen LogP contribution is -1.97. The Morgan fingerprint density at radius 1 is 1.38 bits per heavy atom. The molecular formula is C11H13N3OS. The Bertz CT molecular complexity index is 482. The van der Waals surface area contributed by atoms with E-state index >= 15 is 0 Å². The highest BCUT2D eigenvalue weighted by Crippen LogP contribution is 2.29. The number of aliphatic hydroxyl groups excluding tert-OH is 1. The number of aryl methyl sites for hydroxylation is 1. The van der Waals surface area contributed by atoms with Crippen molar-refractivity contribution in [2.45, 2.75) is 23.2 Å². The molecule has 0 aliphatic rings. The molecule has 0 amide bonds. The second-order valence-corrected chi connectivity index (χ2v) is 4.45. The lowest BCUT2D eigenvalue weighted by Gasteiger charge is -2.09. The third-order valence-corrected chi connectivity index (χ3v) is 3.33. The summed E-state index contributed by atoms with van der Waals surface area (Å²) >= 11 is 1.46. The molecule has 0 unspecified atom stereocenters. The van der Waals surface area contributed by atoms with Crippen LogP contribution in [0.2, 0.25) is 0 Å². The van der Waals surface area contributed by atoms with Crippen molar-refractivity contribution in [3.8, 4) is 0 Å². The van der Waals surface area contributed by atoms with E-state index in [9.17, 15) is 5.11 Å². The van der Waals surface area contributed by atoms with Crippen molar-refractivity contribution >= 4 is 11.8 Å². The first-order valence-electron chi connectivity index (χ1n) is 4.96. The van der Waals surface area contributed by atoms with E-state index in [1.807, 2.05) is 29.9 Å². The van der Waals surface area contributed by atoms with E-state index in [1.54, 1.807) is 19.3 Å². The maximum Gasteiger partial charge on any atom is 0.174 e. The van der Waals surface area contributed by atoms with Gasteiger partial charge in [0.2, 0.25) is 0 Å². The Kier molecular flexibility index (Phi) is 3.26. The summed E-state index contributed by atoms with van der Waals surface area (Å²) in [6.45, 7) is 1.74. The van der Waals surface area contributed by atoms with Crippen molar-refractivity contribution < 1.29 is 5.11 Å². The van der Waals surface area contributed by atoms with Gasteiger partial charge in [-0.05, 0) is 24.8 Å². The van der Waals surface area contributed by atoms with E-state index in [4.69, 9.17) is 0 Å². The van der Waals surface area contributed by atoms with Crippen LogP contribution in [0, 0.1) is 0 Å². The SMILES string of the molecule is C[C@@H](O)c1cccnc1Sc1nccn1C. The monoisotopic (exact) mass is 235 g/mol. The molecule has 1 atom stereocenters. The van der Waals surface area contributed by atoms with Crippen molar-refractivity contribution in [3.05, 3.63) is 36.3 Å². The van der Waals surface area contributed by atoms with Gasteiger partial charge in [0.1, 0.15) is 5.03 Å². The molecule has 2 aromatic rings. The van der Waals surface area contributed by atoms with Gasteiger partial charge in [-0.3, -0.25) is 0 Å². The van der Waals surface area contributed by atoms with Gasteiger partial charge in [0.05, 0.1) is 6.10 Å². The van der Waals surface area contributed by atoms with Crippen LogP contribution in [0.4, 0.5) is 0 Å². The fourth-order valence-electron chi connectivity index (χ4n) is 1.34. The van der Waals surface area contributed by atoms with Gasteiger partial charge in [0, 0.05) is 31.2 Å². The molecule has 5 heteroatoms. The van der Waals surface area contributed by atoms with Gasteiger partial charge >= 0.3 is 0 Å². The summed E-state index contributed by atoms with van der Waals surface area (Å²) in [6.07, 6.45) is 4.83. The lowest BCUT2D eigenvalue weighted by atomic mass is 10.2. The quantitative estimate of drug-likeness (QED) is 0.884. The molecule has 0 aliphatic heterocycles. The Hall–Kier alpha value is -1.33. The van der Waals surface area contributed by atoms with Crippen molar-refractivity contribution in [1.82, 2.24) is 14.5 Å². The van der Waals surface area contributed by atoms with Gasteiger partial charge in [-0.1, -0.05) is 6.07 Å². The standard InChI is InChI=1S/C11H13N3OS/c1-8(15)9-4-3-5-12-10(9)16-11-13-6-7-14(11)2/h3-8,15H,1-2H3/t8-/m1/s1. The van der Waals surface area contributed by atoms with E-state index in [1.165, 1.54) is 11.8 Å². The highest BCUT2D eigenvalue weighted by atomic mass is 32.2. The highest BCUT2D eigenvalue weighted by molar-refractivity contribution is 7.99. The fourth-order valence-corrected chi connectivity index (χ4v) is 2.30. The molecule has 0 radical (unpaired) electrons. The Labute approximate surface area is 98.4 Å². The molecule has 4 nitrogen and oxygen atoms in total. The van der Waals surface area contributed by atoms with Crippen molar-refractivity contribution in [2.75, 3.05) is 0 Å². The zero-order valence-corrected chi connectivity index (χ0v) is 9.98. The molecule has 0 aromatic carbocycles. The number of aliphatic hydroxyl groups is 1. The number of imidazole rings is 1. The third-order valence-electron chi connectivity index (χ3n) is 2.22. The maximum absolute atomic E-state index is 9.62. The molecule has 0 saturated carbocycles. The minimum Gasteiger partial charge on any atom is -0.389 e. The van der Waals surface area contributed by atoms with Crippen LogP contribution in [0.1, 0.15) is 18.6 Å².